The highest BCUT2D eigenvalue weighted by atomic mass is 32.1. The maximum atomic E-state index is 12.5. The van der Waals surface area contributed by atoms with E-state index >= 15 is 0 Å². The zero-order valence-corrected chi connectivity index (χ0v) is 14.9. The number of amides is 1. The van der Waals surface area contributed by atoms with E-state index < -0.39 is 0 Å². The summed E-state index contributed by atoms with van der Waals surface area (Å²) in [5.41, 5.74) is 10.8. The van der Waals surface area contributed by atoms with Gasteiger partial charge >= 0.3 is 0 Å². The first-order valence-electron chi connectivity index (χ1n) is 8.14. The second kappa shape index (κ2) is 6.70. The fourth-order valence-corrected chi connectivity index (χ4v) is 3.45. The van der Waals surface area contributed by atoms with E-state index in [1.54, 1.807) is 11.6 Å². The number of H-pyrrole nitrogens is 1. The molecular weight excluding hydrogens is 346 g/mol. The number of aryl methyl sites for hydroxylation is 1. The number of benzene rings is 2. The minimum absolute atomic E-state index is 0.232. The summed E-state index contributed by atoms with van der Waals surface area (Å²) in [5.74, 6) is -0.232. The topological polar surface area (TPSA) is 96.7 Å². The van der Waals surface area contributed by atoms with Gasteiger partial charge in [0.2, 0.25) is 0 Å². The Morgan fingerprint density at radius 1 is 1.27 bits per heavy atom. The van der Waals surface area contributed by atoms with E-state index in [1.165, 1.54) is 11.3 Å². The van der Waals surface area contributed by atoms with Gasteiger partial charge in [0.15, 0.2) is 0 Å². The number of carbonyl (C=O) groups excluding carboxylic acids is 1. The lowest BCUT2D eigenvalue weighted by Crippen LogP contribution is -2.12. The third-order valence-electron chi connectivity index (χ3n) is 4.15. The molecule has 6 nitrogen and oxygen atoms in total. The summed E-state index contributed by atoms with van der Waals surface area (Å²) in [6, 6.07) is 12.0. The molecule has 0 unspecified atom stereocenters. The van der Waals surface area contributed by atoms with Gasteiger partial charge in [0, 0.05) is 17.3 Å². The van der Waals surface area contributed by atoms with Crippen molar-refractivity contribution in [3.63, 3.8) is 0 Å². The van der Waals surface area contributed by atoms with Crippen molar-refractivity contribution in [1.29, 1.82) is 0 Å². The molecule has 0 spiro atoms. The fraction of sp³-hybridized carbons (Fsp3) is 0.105. The molecule has 7 heteroatoms. The smallest absolute Gasteiger partial charge is 0.275 e. The summed E-state index contributed by atoms with van der Waals surface area (Å²) in [5, 5.41) is 13.5. The molecule has 0 aliphatic rings. The number of hydrogen-bond acceptors (Lipinski definition) is 5. The number of carbonyl (C=O) groups is 1. The lowest BCUT2D eigenvalue weighted by atomic mass is 10.0. The van der Waals surface area contributed by atoms with Gasteiger partial charge in [0.05, 0.1) is 22.4 Å². The Labute approximate surface area is 154 Å². The molecule has 0 saturated carbocycles. The first-order valence-corrected chi connectivity index (χ1v) is 9.02. The van der Waals surface area contributed by atoms with Crippen LogP contribution in [0, 0.1) is 6.92 Å². The highest BCUT2D eigenvalue weighted by Crippen LogP contribution is 2.30. The molecule has 2 aromatic heterocycles. The van der Waals surface area contributed by atoms with Crippen molar-refractivity contribution < 1.29 is 4.79 Å². The predicted molar refractivity (Wildman–Crippen MR) is 104 cm³/mol. The molecule has 0 aliphatic carbocycles. The van der Waals surface area contributed by atoms with E-state index in [-0.39, 0.29) is 5.91 Å². The van der Waals surface area contributed by atoms with Crippen LogP contribution in [0.5, 0.6) is 0 Å². The molecule has 2 aromatic carbocycles. The maximum absolute atomic E-state index is 12.5. The van der Waals surface area contributed by atoms with E-state index in [9.17, 15) is 4.79 Å². The number of thiazole rings is 1. The highest BCUT2D eigenvalue weighted by Gasteiger charge is 2.14. The van der Waals surface area contributed by atoms with E-state index in [2.05, 4.69) is 20.5 Å². The first-order chi connectivity index (χ1) is 12.6. The summed E-state index contributed by atoms with van der Waals surface area (Å²) < 4.78 is 0. The second-order valence-electron chi connectivity index (χ2n) is 5.97. The third-order valence-corrected chi connectivity index (χ3v) is 4.93. The Hall–Kier alpha value is -3.03. The standard InChI is InChI=1S/C19H17N5OS/c1-11-22-18(10-26-11)19(25)23-16-6-14(7-17-15(16)9-21-24-17)13-4-2-3-12(5-13)8-20/h2-7,9-10H,8,20H2,1H3,(H,21,24)(H,23,25). The Kier molecular flexibility index (Phi) is 4.24. The van der Waals surface area contributed by atoms with Crippen LogP contribution in [0.2, 0.25) is 0 Å². The van der Waals surface area contributed by atoms with Crippen LogP contribution in [0.4, 0.5) is 5.69 Å². The Morgan fingerprint density at radius 2 is 2.15 bits per heavy atom. The molecule has 4 rings (SSSR count). The molecule has 0 radical (unpaired) electrons. The Bertz CT molecular complexity index is 1100. The minimum Gasteiger partial charge on any atom is -0.326 e. The molecule has 0 bridgehead atoms. The number of rotatable bonds is 4. The normalized spacial score (nSPS) is 11.0. The summed E-state index contributed by atoms with van der Waals surface area (Å²) in [7, 11) is 0. The van der Waals surface area contributed by atoms with Crippen molar-refractivity contribution in [3.05, 3.63) is 64.2 Å². The molecule has 0 fully saturated rings. The SMILES string of the molecule is Cc1nc(C(=O)Nc2cc(-c3cccc(CN)c3)cc3[nH]ncc23)cs1. The van der Waals surface area contributed by atoms with Gasteiger partial charge in [-0.25, -0.2) is 4.98 Å². The molecule has 0 atom stereocenters. The van der Waals surface area contributed by atoms with E-state index in [0.717, 1.165) is 32.6 Å². The quantitative estimate of drug-likeness (QED) is 0.515. The zero-order chi connectivity index (χ0) is 18.1. The Balaban J connectivity index is 1.76. The molecule has 4 aromatic rings. The number of aromatic amines is 1. The number of aromatic nitrogens is 3. The summed E-state index contributed by atoms with van der Waals surface area (Å²) in [6.45, 7) is 2.35. The van der Waals surface area contributed by atoms with Crippen LogP contribution in [0.25, 0.3) is 22.0 Å². The predicted octanol–water partition coefficient (Wildman–Crippen LogP) is 3.71. The van der Waals surface area contributed by atoms with Gasteiger partial charge < -0.3 is 11.1 Å². The minimum atomic E-state index is -0.232. The van der Waals surface area contributed by atoms with Gasteiger partial charge in [-0.3, -0.25) is 9.89 Å². The van der Waals surface area contributed by atoms with Crippen molar-refractivity contribution in [2.24, 2.45) is 5.73 Å². The van der Waals surface area contributed by atoms with Crippen molar-refractivity contribution >= 4 is 33.8 Å². The van der Waals surface area contributed by atoms with Crippen molar-refractivity contribution in [2.75, 3.05) is 5.32 Å². The van der Waals surface area contributed by atoms with Crippen molar-refractivity contribution in [3.8, 4) is 11.1 Å². The van der Waals surface area contributed by atoms with Gasteiger partial charge in [-0.05, 0) is 41.8 Å². The molecule has 1 amide bonds. The maximum Gasteiger partial charge on any atom is 0.275 e. The van der Waals surface area contributed by atoms with Crippen molar-refractivity contribution in [1.82, 2.24) is 15.2 Å². The van der Waals surface area contributed by atoms with Crippen LogP contribution in [-0.2, 0) is 6.54 Å². The molecule has 130 valence electrons. The van der Waals surface area contributed by atoms with Gasteiger partial charge in [-0.2, -0.15) is 5.10 Å². The second-order valence-corrected chi connectivity index (χ2v) is 7.03. The third kappa shape index (κ3) is 3.10. The highest BCUT2D eigenvalue weighted by molar-refractivity contribution is 7.09. The van der Waals surface area contributed by atoms with Crippen LogP contribution in [0.1, 0.15) is 21.1 Å². The van der Waals surface area contributed by atoms with E-state index in [0.29, 0.717) is 17.9 Å². The van der Waals surface area contributed by atoms with Crippen LogP contribution in [-0.4, -0.2) is 21.1 Å². The lowest BCUT2D eigenvalue weighted by molar-refractivity contribution is 0.102. The van der Waals surface area contributed by atoms with Crippen LogP contribution < -0.4 is 11.1 Å². The molecule has 0 saturated heterocycles. The monoisotopic (exact) mass is 363 g/mol. The van der Waals surface area contributed by atoms with Crippen LogP contribution >= 0.6 is 11.3 Å². The average molecular weight is 363 g/mol. The number of nitrogens with zero attached hydrogens (tertiary/aromatic N) is 2. The molecule has 2 heterocycles. The first kappa shape index (κ1) is 16.4. The Morgan fingerprint density at radius 3 is 2.92 bits per heavy atom. The lowest BCUT2D eigenvalue weighted by Gasteiger charge is -2.10. The van der Waals surface area contributed by atoms with Crippen LogP contribution in [0.15, 0.2) is 48.0 Å². The zero-order valence-electron chi connectivity index (χ0n) is 14.1. The molecule has 4 N–H and O–H groups in total. The molecule has 0 aliphatic heterocycles. The summed E-state index contributed by atoms with van der Waals surface area (Å²) in [4.78, 5) is 16.8. The number of anilines is 1. The molecular formula is C19H17N5OS. The molecule has 26 heavy (non-hydrogen) atoms. The largest absolute Gasteiger partial charge is 0.326 e. The number of hydrogen-bond donors (Lipinski definition) is 3. The van der Waals surface area contributed by atoms with Crippen molar-refractivity contribution in [2.45, 2.75) is 13.5 Å². The number of nitrogens with two attached hydrogens (primary N) is 1. The van der Waals surface area contributed by atoms with E-state index in [1.807, 2.05) is 43.3 Å². The summed E-state index contributed by atoms with van der Waals surface area (Å²) in [6.07, 6.45) is 1.71. The number of fused-ring (bicyclic) bond motifs is 1. The average Bonchev–Trinajstić information content (AvgIpc) is 3.30. The van der Waals surface area contributed by atoms with Gasteiger partial charge in [0.1, 0.15) is 5.69 Å². The van der Waals surface area contributed by atoms with Gasteiger partial charge in [-0.15, -0.1) is 11.3 Å². The van der Waals surface area contributed by atoms with Gasteiger partial charge in [-0.1, -0.05) is 18.2 Å². The number of nitrogens with one attached hydrogen (secondary N) is 2. The van der Waals surface area contributed by atoms with Crippen LogP contribution in [0.3, 0.4) is 0 Å². The van der Waals surface area contributed by atoms with Gasteiger partial charge in [0.25, 0.3) is 5.91 Å². The fourth-order valence-electron chi connectivity index (χ4n) is 2.85. The van der Waals surface area contributed by atoms with E-state index in [4.69, 9.17) is 5.73 Å². The summed E-state index contributed by atoms with van der Waals surface area (Å²) >= 11 is 1.45.